The lowest BCUT2D eigenvalue weighted by atomic mass is 10.3. The topological polar surface area (TPSA) is 135 Å². The number of anilines is 2. The smallest absolute Gasteiger partial charge is 0.282 e. The molecule has 0 atom stereocenters. The lowest BCUT2D eigenvalue weighted by molar-refractivity contribution is -0.384. The molecule has 13 heteroatoms. The average Bonchev–Trinajstić information content (AvgIpc) is 2.48. The van der Waals surface area contributed by atoms with E-state index in [4.69, 9.17) is 23.2 Å². The summed E-state index contributed by atoms with van der Waals surface area (Å²) in [6.45, 7) is 0. The van der Waals surface area contributed by atoms with Crippen LogP contribution >= 0.6 is 23.2 Å². The molecule has 140 valence electrons. The summed E-state index contributed by atoms with van der Waals surface area (Å²) in [6, 6.07) is 6.77. The molecule has 0 heterocycles. The van der Waals surface area contributed by atoms with Crippen LogP contribution in [0.5, 0.6) is 0 Å². The maximum Gasteiger partial charge on any atom is 0.289 e. The first-order valence-electron chi connectivity index (χ1n) is 6.63. The van der Waals surface area contributed by atoms with Gasteiger partial charge < -0.3 is 0 Å². The molecule has 0 aliphatic heterocycles. The van der Waals surface area contributed by atoms with Crippen LogP contribution in [0.15, 0.2) is 41.3 Å². The Balaban J connectivity index is 2.34. The second kappa shape index (κ2) is 7.27. The van der Waals surface area contributed by atoms with Gasteiger partial charge in [-0.2, -0.15) is 0 Å². The van der Waals surface area contributed by atoms with Crippen LogP contribution in [0.3, 0.4) is 0 Å². The SMILES string of the molecule is CS(=O)(=O)Nc1ccc(NS(=O)(=O)c2ccc(Cl)c([N+](=O)[O-])c2)cc1Cl. The zero-order valence-electron chi connectivity index (χ0n) is 12.9. The van der Waals surface area contributed by atoms with E-state index < -0.39 is 30.7 Å². The molecular weight excluding hydrogens is 429 g/mol. The maximum absolute atomic E-state index is 12.4. The van der Waals surface area contributed by atoms with E-state index in [0.29, 0.717) is 0 Å². The number of benzene rings is 2. The first-order chi connectivity index (χ1) is 11.9. The van der Waals surface area contributed by atoms with E-state index >= 15 is 0 Å². The summed E-state index contributed by atoms with van der Waals surface area (Å²) >= 11 is 11.6. The Kier molecular flexibility index (Phi) is 5.66. The van der Waals surface area contributed by atoms with E-state index in [2.05, 4.69) is 9.44 Å². The molecule has 2 aromatic carbocycles. The number of rotatable bonds is 6. The molecule has 0 bridgehead atoms. The third-order valence-electron chi connectivity index (χ3n) is 2.94. The van der Waals surface area contributed by atoms with Crippen LogP contribution in [0.25, 0.3) is 0 Å². The first-order valence-corrected chi connectivity index (χ1v) is 10.8. The summed E-state index contributed by atoms with van der Waals surface area (Å²) in [6.07, 6.45) is 0.938. The molecule has 2 aromatic rings. The third kappa shape index (κ3) is 4.97. The predicted octanol–water partition coefficient (Wildman–Crippen LogP) is 3.07. The third-order valence-corrected chi connectivity index (χ3v) is 5.54. The average molecular weight is 440 g/mol. The van der Waals surface area contributed by atoms with Gasteiger partial charge in [-0.25, -0.2) is 16.8 Å². The van der Waals surface area contributed by atoms with Crippen molar-refractivity contribution in [1.82, 2.24) is 0 Å². The van der Waals surface area contributed by atoms with Crippen LogP contribution in [0.4, 0.5) is 17.1 Å². The Morgan fingerprint density at radius 3 is 2.15 bits per heavy atom. The quantitative estimate of drug-likeness (QED) is 0.524. The van der Waals surface area contributed by atoms with Gasteiger partial charge in [0.2, 0.25) is 10.0 Å². The van der Waals surface area contributed by atoms with E-state index in [1.165, 1.54) is 18.2 Å². The second-order valence-corrected chi connectivity index (χ2v) is 9.29. The van der Waals surface area contributed by atoms with Crippen molar-refractivity contribution < 1.29 is 21.8 Å². The van der Waals surface area contributed by atoms with Crippen LogP contribution in [0.2, 0.25) is 10.0 Å². The van der Waals surface area contributed by atoms with Crippen molar-refractivity contribution in [1.29, 1.82) is 0 Å². The molecule has 2 rings (SSSR count). The number of nitro benzene ring substituents is 1. The molecule has 0 saturated carbocycles. The van der Waals surface area contributed by atoms with E-state index in [1.807, 2.05) is 0 Å². The maximum atomic E-state index is 12.4. The van der Waals surface area contributed by atoms with Crippen LogP contribution in [0, 0.1) is 10.1 Å². The minimum Gasteiger partial charge on any atom is -0.282 e. The van der Waals surface area contributed by atoms with Gasteiger partial charge in [-0.3, -0.25) is 19.6 Å². The number of nitrogens with one attached hydrogen (secondary N) is 2. The van der Waals surface area contributed by atoms with E-state index in [0.717, 1.165) is 24.5 Å². The molecule has 0 radical (unpaired) electrons. The van der Waals surface area contributed by atoms with Crippen LogP contribution in [-0.4, -0.2) is 28.0 Å². The molecule has 0 aromatic heterocycles. The van der Waals surface area contributed by atoms with Crippen molar-refractivity contribution in [2.45, 2.75) is 4.90 Å². The van der Waals surface area contributed by atoms with Gasteiger partial charge in [0, 0.05) is 6.07 Å². The Labute approximate surface area is 159 Å². The standard InChI is InChI=1S/C13H11Cl2N3O6S2/c1-25(21,22)17-12-5-2-8(6-11(12)15)16-26(23,24)9-3-4-10(14)13(7-9)18(19)20/h2-7,16-17H,1H3. The van der Waals surface area contributed by atoms with Gasteiger partial charge in [0.1, 0.15) is 5.02 Å². The van der Waals surface area contributed by atoms with Gasteiger partial charge in [0.15, 0.2) is 0 Å². The van der Waals surface area contributed by atoms with Gasteiger partial charge in [0.05, 0.1) is 32.5 Å². The lowest BCUT2D eigenvalue weighted by Crippen LogP contribution is -2.14. The van der Waals surface area contributed by atoms with E-state index in [1.54, 1.807) is 0 Å². The van der Waals surface area contributed by atoms with Crippen LogP contribution < -0.4 is 9.44 Å². The molecule has 2 N–H and O–H groups in total. The minimum absolute atomic E-state index is 0.0339. The molecule has 0 fully saturated rings. The number of sulfonamides is 2. The highest BCUT2D eigenvalue weighted by molar-refractivity contribution is 7.92. The highest BCUT2D eigenvalue weighted by atomic mass is 35.5. The number of hydrogen-bond acceptors (Lipinski definition) is 6. The fourth-order valence-electron chi connectivity index (χ4n) is 1.87. The van der Waals surface area contributed by atoms with Crippen molar-refractivity contribution in [3.63, 3.8) is 0 Å². The number of halogens is 2. The molecule has 0 amide bonds. The monoisotopic (exact) mass is 439 g/mol. The van der Waals surface area contributed by atoms with Gasteiger partial charge >= 0.3 is 0 Å². The van der Waals surface area contributed by atoms with Gasteiger partial charge in [-0.05, 0) is 30.3 Å². The molecule has 26 heavy (non-hydrogen) atoms. The fraction of sp³-hybridized carbons (Fsp3) is 0.0769. The number of hydrogen-bond donors (Lipinski definition) is 2. The molecular formula is C13H11Cl2N3O6S2. The normalized spacial score (nSPS) is 11.8. The fourth-order valence-corrected chi connectivity index (χ4v) is 3.99. The Bertz CT molecular complexity index is 1090. The molecule has 0 aliphatic carbocycles. The first kappa shape index (κ1) is 20.2. The number of nitrogens with zero attached hydrogens (tertiary/aromatic N) is 1. The van der Waals surface area contributed by atoms with Gasteiger partial charge in [0.25, 0.3) is 15.7 Å². The van der Waals surface area contributed by atoms with E-state index in [-0.39, 0.29) is 26.3 Å². The molecule has 0 saturated heterocycles. The summed E-state index contributed by atoms with van der Waals surface area (Å²) in [5.74, 6) is 0. The molecule has 0 aliphatic rings. The lowest BCUT2D eigenvalue weighted by Gasteiger charge is -2.11. The summed E-state index contributed by atoms with van der Waals surface area (Å²) in [5.41, 5.74) is -0.453. The highest BCUT2D eigenvalue weighted by Crippen LogP contribution is 2.30. The van der Waals surface area contributed by atoms with Crippen molar-refractivity contribution in [2.75, 3.05) is 15.7 Å². The van der Waals surface area contributed by atoms with Crippen LogP contribution in [-0.2, 0) is 20.0 Å². The Morgan fingerprint density at radius 1 is 0.962 bits per heavy atom. The van der Waals surface area contributed by atoms with Crippen molar-refractivity contribution in [3.05, 3.63) is 56.6 Å². The molecule has 0 unspecified atom stereocenters. The number of nitro groups is 1. The zero-order chi connectivity index (χ0) is 19.7. The largest absolute Gasteiger partial charge is 0.289 e. The van der Waals surface area contributed by atoms with E-state index in [9.17, 15) is 26.9 Å². The minimum atomic E-state index is -4.16. The summed E-state index contributed by atoms with van der Waals surface area (Å²) < 4.78 is 51.6. The second-order valence-electron chi connectivity index (χ2n) is 5.04. The Morgan fingerprint density at radius 2 is 1.62 bits per heavy atom. The molecule has 0 spiro atoms. The molecule has 9 nitrogen and oxygen atoms in total. The summed E-state index contributed by atoms with van der Waals surface area (Å²) in [4.78, 5) is 9.71. The Hall–Kier alpha value is -2.08. The summed E-state index contributed by atoms with van der Waals surface area (Å²) in [5, 5.41) is 10.6. The van der Waals surface area contributed by atoms with Gasteiger partial charge in [-0.15, -0.1) is 0 Å². The van der Waals surface area contributed by atoms with Crippen LogP contribution in [0.1, 0.15) is 0 Å². The van der Waals surface area contributed by atoms with Crippen molar-refractivity contribution in [3.8, 4) is 0 Å². The van der Waals surface area contributed by atoms with Crippen molar-refractivity contribution >= 4 is 60.3 Å². The van der Waals surface area contributed by atoms with Crippen molar-refractivity contribution in [2.24, 2.45) is 0 Å². The predicted molar refractivity (Wildman–Crippen MR) is 98.8 cm³/mol. The zero-order valence-corrected chi connectivity index (χ0v) is 16.1. The highest BCUT2D eigenvalue weighted by Gasteiger charge is 2.21. The van der Waals surface area contributed by atoms with Gasteiger partial charge in [-0.1, -0.05) is 23.2 Å². The summed E-state index contributed by atoms with van der Waals surface area (Å²) in [7, 11) is -7.72.